The largest absolute Gasteiger partial charge is 0.340 e. The summed E-state index contributed by atoms with van der Waals surface area (Å²) in [5.74, 6) is 5.66. The van der Waals surface area contributed by atoms with Crippen LogP contribution in [-0.4, -0.2) is 14.5 Å². The number of nitrogens with one attached hydrogen (secondary N) is 1. The molecule has 5 heteroatoms. The van der Waals surface area contributed by atoms with Crippen molar-refractivity contribution in [3.8, 4) is 0 Å². The van der Waals surface area contributed by atoms with E-state index in [4.69, 9.17) is 5.84 Å². The summed E-state index contributed by atoms with van der Waals surface area (Å²) in [6.07, 6.45) is 5.54. The Bertz CT molecular complexity index is 704. The lowest BCUT2D eigenvalue weighted by atomic mass is 10.0. The number of imidazole rings is 1. The fourth-order valence-corrected chi connectivity index (χ4v) is 2.18. The van der Waals surface area contributed by atoms with Crippen LogP contribution >= 0.6 is 0 Å². The molecule has 1 unspecified atom stereocenters. The zero-order valence-electron chi connectivity index (χ0n) is 10.6. The number of hydrazine groups is 1. The van der Waals surface area contributed by atoms with E-state index >= 15 is 0 Å². The summed E-state index contributed by atoms with van der Waals surface area (Å²) in [6, 6.07) is 9.94. The summed E-state index contributed by atoms with van der Waals surface area (Å²) >= 11 is 0. The molecule has 0 aliphatic carbocycles. The molecule has 0 bridgehead atoms. The highest BCUT2D eigenvalue weighted by molar-refractivity contribution is 5.78. The normalized spacial score (nSPS) is 12.7. The third-order valence-corrected chi connectivity index (χ3v) is 3.13. The molecule has 5 nitrogen and oxygen atoms in total. The van der Waals surface area contributed by atoms with E-state index in [0.29, 0.717) is 0 Å². The molecule has 2 heterocycles. The Morgan fingerprint density at radius 3 is 2.84 bits per heavy atom. The second-order valence-electron chi connectivity index (χ2n) is 4.53. The van der Waals surface area contributed by atoms with Crippen LogP contribution in [0.1, 0.15) is 17.3 Å². The van der Waals surface area contributed by atoms with Gasteiger partial charge in [-0.15, -0.1) is 0 Å². The van der Waals surface area contributed by atoms with Gasteiger partial charge in [-0.05, 0) is 17.7 Å². The van der Waals surface area contributed by atoms with E-state index in [0.717, 1.165) is 22.2 Å². The molecule has 0 fully saturated rings. The fourth-order valence-electron chi connectivity index (χ4n) is 2.18. The lowest BCUT2D eigenvalue weighted by molar-refractivity contribution is 0.622. The Morgan fingerprint density at radius 2 is 2.11 bits per heavy atom. The number of aryl methyl sites for hydroxylation is 1. The molecular formula is C14H15N5. The van der Waals surface area contributed by atoms with E-state index in [9.17, 15) is 0 Å². The second-order valence-corrected chi connectivity index (χ2v) is 4.53. The Balaban J connectivity index is 2.06. The number of fused-ring (bicyclic) bond motifs is 1. The first-order chi connectivity index (χ1) is 9.28. The SMILES string of the molecule is Cn1cnc(C(NN)c2cnc3ccccc3c2)c1. The van der Waals surface area contributed by atoms with Gasteiger partial charge in [-0.3, -0.25) is 10.8 Å². The van der Waals surface area contributed by atoms with E-state index in [1.165, 1.54) is 0 Å². The van der Waals surface area contributed by atoms with Crippen LogP contribution in [0.25, 0.3) is 10.9 Å². The topological polar surface area (TPSA) is 68.8 Å². The van der Waals surface area contributed by atoms with Crippen molar-refractivity contribution < 1.29 is 0 Å². The van der Waals surface area contributed by atoms with Gasteiger partial charge in [0, 0.05) is 24.8 Å². The van der Waals surface area contributed by atoms with Gasteiger partial charge in [-0.2, -0.15) is 0 Å². The number of benzene rings is 1. The third-order valence-electron chi connectivity index (χ3n) is 3.13. The molecular weight excluding hydrogens is 238 g/mol. The summed E-state index contributed by atoms with van der Waals surface area (Å²) in [4.78, 5) is 8.79. The molecule has 96 valence electrons. The zero-order chi connectivity index (χ0) is 13.2. The number of rotatable bonds is 3. The smallest absolute Gasteiger partial charge is 0.0947 e. The van der Waals surface area contributed by atoms with Gasteiger partial charge >= 0.3 is 0 Å². The molecule has 1 aromatic carbocycles. The van der Waals surface area contributed by atoms with E-state index in [1.54, 1.807) is 6.33 Å². The first-order valence-corrected chi connectivity index (χ1v) is 6.06. The molecule has 1 atom stereocenters. The Hall–Kier alpha value is -2.24. The summed E-state index contributed by atoms with van der Waals surface area (Å²) in [7, 11) is 1.93. The van der Waals surface area contributed by atoms with Crippen molar-refractivity contribution in [2.24, 2.45) is 12.9 Å². The van der Waals surface area contributed by atoms with Crippen LogP contribution in [0.15, 0.2) is 49.1 Å². The maximum absolute atomic E-state index is 5.66. The van der Waals surface area contributed by atoms with Gasteiger partial charge in [0.1, 0.15) is 0 Å². The molecule has 3 N–H and O–H groups in total. The highest BCUT2D eigenvalue weighted by Gasteiger charge is 2.15. The van der Waals surface area contributed by atoms with E-state index < -0.39 is 0 Å². The minimum Gasteiger partial charge on any atom is -0.340 e. The van der Waals surface area contributed by atoms with Crippen molar-refractivity contribution in [1.29, 1.82) is 0 Å². The average Bonchev–Trinajstić information content (AvgIpc) is 2.86. The Morgan fingerprint density at radius 1 is 1.26 bits per heavy atom. The van der Waals surface area contributed by atoms with Crippen molar-refractivity contribution in [1.82, 2.24) is 20.0 Å². The van der Waals surface area contributed by atoms with Crippen LogP contribution in [0, 0.1) is 0 Å². The van der Waals surface area contributed by atoms with E-state index in [2.05, 4.69) is 21.5 Å². The molecule has 0 aliphatic heterocycles. The average molecular weight is 253 g/mol. The van der Waals surface area contributed by atoms with Gasteiger partial charge < -0.3 is 4.57 Å². The van der Waals surface area contributed by atoms with Crippen LogP contribution in [0.4, 0.5) is 0 Å². The first kappa shape index (κ1) is 11.8. The number of pyridine rings is 1. The maximum atomic E-state index is 5.66. The quantitative estimate of drug-likeness (QED) is 0.548. The number of hydrogen-bond acceptors (Lipinski definition) is 4. The highest BCUT2D eigenvalue weighted by Crippen LogP contribution is 2.22. The lowest BCUT2D eigenvalue weighted by Crippen LogP contribution is -2.29. The van der Waals surface area contributed by atoms with Gasteiger partial charge in [0.25, 0.3) is 0 Å². The van der Waals surface area contributed by atoms with Gasteiger partial charge in [-0.1, -0.05) is 18.2 Å². The van der Waals surface area contributed by atoms with Crippen molar-refractivity contribution in [3.05, 3.63) is 60.3 Å². The van der Waals surface area contributed by atoms with Crippen LogP contribution in [0.3, 0.4) is 0 Å². The Labute approximate surface area is 111 Å². The third kappa shape index (κ3) is 2.21. The van der Waals surface area contributed by atoms with Crippen LogP contribution in [-0.2, 0) is 7.05 Å². The summed E-state index contributed by atoms with van der Waals surface area (Å²) in [5, 5.41) is 1.09. The van der Waals surface area contributed by atoms with E-state index in [1.807, 2.05) is 48.3 Å². The molecule has 0 saturated carbocycles. The minimum atomic E-state index is -0.154. The lowest BCUT2D eigenvalue weighted by Gasteiger charge is -2.14. The van der Waals surface area contributed by atoms with E-state index in [-0.39, 0.29) is 6.04 Å². The van der Waals surface area contributed by atoms with Crippen LogP contribution in [0.2, 0.25) is 0 Å². The van der Waals surface area contributed by atoms with Crippen molar-refractivity contribution in [2.45, 2.75) is 6.04 Å². The summed E-state index contributed by atoms with van der Waals surface area (Å²) < 4.78 is 1.90. The zero-order valence-corrected chi connectivity index (χ0v) is 10.6. The number of hydrogen-bond donors (Lipinski definition) is 2. The molecule has 3 rings (SSSR count). The van der Waals surface area contributed by atoms with Gasteiger partial charge in [0.05, 0.1) is 23.6 Å². The van der Waals surface area contributed by atoms with Crippen molar-refractivity contribution in [2.75, 3.05) is 0 Å². The molecule has 0 saturated heterocycles. The van der Waals surface area contributed by atoms with Gasteiger partial charge in [0.15, 0.2) is 0 Å². The summed E-state index contributed by atoms with van der Waals surface area (Å²) in [6.45, 7) is 0. The summed E-state index contributed by atoms with van der Waals surface area (Å²) in [5.41, 5.74) is 5.65. The van der Waals surface area contributed by atoms with Crippen molar-refractivity contribution >= 4 is 10.9 Å². The van der Waals surface area contributed by atoms with Crippen molar-refractivity contribution in [3.63, 3.8) is 0 Å². The fraction of sp³-hybridized carbons (Fsp3) is 0.143. The standard InChI is InChI=1S/C14H15N5/c1-19-8-13(17-9-19)14(18-15)11-6-10-4-2-3-5-12(10)16-7-11/h2-9,14,18H,15H2,1H3. The van der Waals surface area contributed by atoms with Crippen LogP contribution in [0.5, 0.6) is 0 Å². The number of nitrogens with two attached hydrogens (primary N) is 1. The molecule has 19 heavy (non-hydrogen) atoms. The molecule has 0 radical (unpaired) electrons. The predicted octanol–water partition coefficient (Wildman–Crippen LogP) is 1.52. The van der Waals surface area contributed by atoms with Crippen LogP contribution < -0.4 is 11.3 Å². The number of para-hydroxylation sites is 1. The number of nitrogens with zero attached hydrogens (tertiary/aromatic N) is 3. The molecule has 0 aliphatic rings. The van der Waals surface area contributed by atoms with Gasteiger partial charge in [-0.25, -0.2) is 10.4 Å². The van der Waals surface area contributed by atoms with Gasteiger partial charge in [0.2, 0.25) is 0 Å². The highest BCUT2D eigenvalue weighted by atomic mass is 15.2. The minimum absolute atomic E-state index is 0.154. The maximum Gasteiger partial charge on any atom is 0.0947 e. The Kier molecular flexibility index (Phi) is 2.98. The number of aromatic nitrogens is 3. The molecule has 3 aromatic rings. The predicted molar refractivity (Wildman–Crippen MR) is 74.1 cm³/mol. The molecule has 0 amide bonds. The monoisotopic (exact) mass is 253 g/mol. The first-order valence-electron chi connectivity index (χ1n) is 6.06. The second kappa shape index (κ2) is 4.79. The molecule has 0 spiro atoms. The molecule has 2 aromatic heterocycles.